The molecule has 0 amide bonds. The van der Waals surface area contributed by atoms with Crippen molar-refractivity contribution in [2.45, 2.75) is 65.2 Å². The summed E-state index contributed by atoms with van der Waals surface area (Å²) in [4.78, 5) is 0. The zero-order valence-corrected chi connectivity index (χ0v) is 15.1. The maximum Gasteiger partial charge on any atom is 0.123 e. The topological polar surface area (TPSA) is 20.2 Å². The first-order chi connectivity index (χ1) is 10.0. The Balaban J connectivity index is 3.58. The van der Waals surface area contributed by atoms with Crippen molar-refractivity contribution < 1.29 is 5.11 Å². The zero-order valence-electron chi connectivity index (χ0n) is 15.1. The highest BCUT2D eigenvalue weighted by molar-refractivity contribution is 5.53. The molecule has 0 aliphatic carbocycles. The molecule has 0 aromatic heterocycles. The number of aromatic hydroxyl groups is 1. The minimum absolute atomic E-state index is 0.104. The lowest BCUT2D eigenvalue weighted by atomic mass is 9.76. The second-order valence-electron chi connectivity index (χ2n) is 8.01. The van der Waals surface area contributed by atoms with Gasteiger partial charge in [0.2, 0.25) is 0 Å². The molecule has 0 heterocycles. The van der Waals surface area contributed by atoms with Crippen molar-refractivity contribution in [1.29, 1.82) is 0 Å². The molecule has 1 radical (unpaired) electrons. The summed E-state index contributed by atoms with van der Waals surface area (Å²) >= 11 is 0. The monoisotopic (exact) mass is 299 g/mol. The van der Waals surface area contributed by atoms with Gasteiger partial charge in [0, 0.05) is 5.92 Å². The van der Waals surface area contributed by atoms with Crippen LogP contribution in [0.15, 0.2) is 37.4 Å². The molecule has 1 N–H and O–H groups in total. The number of hydrogen-bond donors (Lipinski definition) is 1. The molecule has 0 spiro atoms. The Labute approximate surface area is 136 Å². The highest BCUT2D eigenvalue weighted by Crippen LogP contribution is 2.41. The molecule has 0 saturated carbocycles. The third-order valence-electron chi connectivity index (χ3n) is 3.92. The molecule has 0 saturated heterocycles. The fraction of sp³-hybridized carbons (Fsp3) is 0.476. The van der Waals surface area contributed by atoms with Crippen LogP contribution in [0.3, 0.4) is 0 Å². The van der Waals surface area contributed by atoms with Crippen LogP contribution in [0.4, 0.5) is 0 Å². The molecule has 1 aromatic rings. The number of phenolic OH excluding ortho intramolecular Hbond substituents is 1. The van der Waals surface area contributed by atoms with Crippen LogP contribution >= 0.6 is 0 Å². The van der Waals surface area contributed by atoms with E-state index >= 15 is 0 Å². The van der Waals surface area contributed by atoms with E-state index in [4.69, 9.17) is 0 Å². The number of hydrogen-bond acceptors (Lipinski definition) is 1. The minimum Gasteiger partial charge on any atom is -0.507 e. The van der Waals surface area contributed by atoms with Gasteiger partial charge in [0.1, 0.15) is 5.75 Å². The van der Waals surface area contributed by atoms with E-state index in [1.807, 2.05) is 12.2 Å². The van der Waals surface area contributed by atoms with Crippen LogP contribution in [0.2, 0.25) is 0 Å². The van der Waals surface area contributed by atoms with Gasteiger partial charge in [-0.1, -0.05) is 65.8 Å². The Morgan fingerprint density at radius 3 is 1.55 bits per heavy atom. The second-order valence-corrected chi connectivity index (χ2v) is 8.01. The Kier molecular flexibility index (Phi) is 5.67. The van der Waals surface area contributed by atoms with Crippen LogP contribution in [-0.4, -0.2) is 5.11 Å². The third-order valence-corrected chi connectivity index (χ3v) is 3.92. The van der Waals surface area contributed by atoms with Crippen molar-refractivity contribution >= 4 is 0 Å². The summed E-state index contributed by atoms with van der Waals surface area (Å²) in [5.74, 6) is 1.72. The Morgan fingerprint density at radius 1 is 0.909 bits per heavy atom. The number of rotatable bonds is 5. The molecule has 0 fully saturated rings. The van der Waals surface area contributed by atoms with Gasteiger partial charge < -0.3 is 5.11 Å². The Bertz CT molecular complexity index is 493. The largest absolute Gasteiger partial charge is 0.507 e. The van der Waals surface area contributed by atoms with E-state index < -0.39 is 0 Å². The highest BCUT2D eigenvalue weighted by Gasteiger charge is 2.27. The lowest BCUT2D eigenvalue weighted by molar-refractivity contribution is 0.423. The van der Waals surface area contributed by atoms with Gasteiger partial charge in [-0.15, -0.1) is 13.2 Å². The smallest absolute Gasteiger partial charge is 0.123 e. The fourth-order valence-electron chi connectivity index (χ4n) is 2.65. The lowest BCUT2D eigenvalue weighted by Gasteiger charge is -2.29. The molecule has 0 aliphatic heterocycles. The van der Waals surface area contributed by atoms with E-state index in [2.05, 4.69) is 66.8 Å². The maximum absolute atomic E-state index is 10.8. The van der Waals surface area contributed by atoms with Gasteiger partial charge in [0.15, 0.2) is 0 Å². The number of phenols is 1. The van der Waals surface area contributed by atoms with Crippen LogP contribution in [0.5, 0.6) is 5.75 Å². The van der Waals surface area contributed by atoms with Gasteiger partial charge in [-0.25, -0.2) is 0 Å². The van der Waals surface area contributed by atoms with E-state index in [-0.39, 0.29) is 10.8 Å². The average molecular weight is 299 g/mol. The van der Waals surface area contributed by atoms with Crippen LogP contribution < -0.4 is 0 Å². The normalized spacial score (nSPS) is 12.5. The molecule has 1 nitrogen and oxygen atoms in total. The summed E-state index contributed by atoms with van der Waals surface area (Å²) in [5.41, 5.74) is 2.98. The molecule has 0 unspecified atom stereocenters. The lowest BCUT2D eigenvalue weighted by Crippen LogP contribution is -2.18. The molecule has 22 heavy (non-hydrogen) atoms. The second kappa shape index (κ2) is 6.73. The molecule has 0 aliphatic rings. The van der Waals surface area contributed by atoms with Gasteiger partial charge in [0.25, 0.3) is 0 Å². The van der Waals surface area contributed by atoms with E-state index in [1.54, 1.807) is 0 Å². The molecule has 1 aromatic carbocycles. The summed E-state index contributed by atoms with van der Waals surface area (Å²) in [5, 5.41) is 10.8. The van der Waals surface area contributed by atoms with Gasteiger partial charge in [0.05, 0.1) is 0 Å². The highest BCUT2D eigenvalue weighted by atomic mass is 16.3. The van der Waals surface area contributed by atoms with Crippen molar-refractivity contribution in [3.8, 4) is 5.75 Å². The first-order valence-electron chi connectivity index (χ1n) is 7.97. The van der Waals surface area contributed by atoms with Crippen LogP contribution in [0.1, 0.15) is 71.1 Å². The van der Waals surface area contributed by atoms with Gasteiger partial charge in [-0.3, -0.25) is 0 Å². The third kappa shape index (κ3) is 4.25. The predicted octanol–water partition coefficient (Wildman–Crippen LogP) is 6.06. The number of benzene rings is 1. The van der Waals surface area contributed by atoms with Crippen molar-refractivity contribution in [3.63, 3.8) is 0 Å². The molecular formula is C21H31O. The predicted molar refractivity (Wildman–Crippen MR) is 97.5 cm³/mol. The molecule has 1 rings (SSSR count). The van der Waals surface area contributed by atoms with Gasteiger partial charge in [-0.05, 0) is 40.4 Å². The van der Waals surface area contributed by atoms with Crippen LogP contribution in [0.25, 0.3) is 0 Å². The summed E-state index contributed by atoms with van der Waals surface area (Å²) in [7, 11) is 0. The first kappa shape index (κ1) is 18.5. The van der Waals surface area contributed by atoms with Crippen molar-refractivity contribution in [3.05, 3.63) is 60.1 Å². The summed E-state index contributed by atoms with van der Waals surface area (Å²) in [6.07, 6.45) is 5.53. The quantitative estimate of drug-likeness (QED) is 0.655. The molecule has 121 valence electrons. The van der Waals surface area contributed by atoms with Gasteiger partial charge >= 0.3 is 0 Å². The van der Waals surface area contributed by atoms with Crippen LogP contribution in [-0.2, 0) is 10.8 Å². The summed E-state index contributed by atoms with van der Waals surface area (Å²) < 4.78 is 0. The maximum atomic E-state index is 10.8. The zero-order chi connectivity index (χ0) is 17.1. The molecule has 0 bridgehead atoms. The average Bonchev–Trinajstić information content (AvgIpc) is 2.36. The Hall–Kier alpha value is -1.50. The first-order valence-corrected chi connectivity index (χ1v) is 7.97. The SMILES string of the molecule is C=CC[C](CC=C)c1cc(C(C)(C)C)c(O)c(C(C)(C)C)c1. The fourth-order valence-corrected chi connectivity index (χ4v) is 2.65. The van der Waals surface area contributed by atoms with E-state index in [1.165, 1.54) is 11.5 Å². The standard InChI is InChI=1S/C21H31O/c1-9-11-15(12-10-2)16-13-17(20(3,4)5)19(22)18(14-16)21(6,7)8/h9-10,13-14,22H,1-2,11-12H2,3-8H3. The Morgan fingerprint density at radius 2 is 1.27 bits per heavy atom. The van der Waals surface area contributed by atoms with E-state index in [0.717, 1.165) is 24.0 Å². The van der Waals surface area contributed by atoms with E-state index in [9.17, 15) is 5.11 Å². The van der Waals surface area contributed by atoms with Crippen molar-refractivity contribution in [1.82, 2.24) is 0 Å². The van der Waals surface area contributed by atoms with Crippen molar-refractivity contribution in [2.75, 3.05) is 0 Å². The number of allylic oxidation sites excluding steroid dienone is 2. The molecule has 0 atom stereocenters. The molecular weight excluding hydrogens is 268 g/mol. The molecule has 1 heteroatoms. The van der Waals surface area contributed by atoms with E-state index in [0.29, 0.717) is 5.75 Å². The van der Waals surface area contributed by atoms with Crippen LogP contribution in [0, 0.1) is 5.92 Å². The van der Waals surface area contributed by atoms with Gasteiger partial charge in [-0.2, -0.15) is 0 Å². The van der Waals surface area contributed by atoms with Crippen molar-refractivity contribution in [2.24, 2.45) is 0 Å². The summed E-state index contributed by atoms with van der Waals surface area (Å²) in [6.45, 7) is 20.6. The summed E-state index contributed by atoms with van der Waals surface area (Å²) in [6, 6.07) is 4.26. The minimum atomic E-state index is -0.104.